The van der Waals surface area contributed by atoms with Gasteiger partial charge in [0.05, 0.1) is 11.0 Å². The van der Waals surface area contributed by atoms with Gasteiger partial charge in [0, 0.05) is 31.2 Å². The van der Waals surface area contributed by atoms with Gasteiger partial charge in [0.15, 0.2) is 0 Å². The number of carbonyl (C=O) groups is 1. The van der Waals surface area contributed by atoms with E-state index < -0.39 is 0 Å². The molecule has 4 rings (SSSR count). The zero-order valence-corrected chi connectivity index (χ0v) is 18.3. The van der Waals surface area contributed by atoms with Crippen molar-refractivity contribution < 1.29 is 4.79 Å². The zero-order chi connectivity index (χ0) is 21.8. The molecule has 1 amide bonds. The van der Waals surface area contributed by atoms with Crippen LogP contribution in [-0.2, 0) is 13.0 Å². The Morgan fingerprint density at radius 1 is 1.06 bits per heavy atom. The minimum absolute atomic E-state index is 0.00791. The van der Waals surface area contributed by atoms with Crippen molar-refractivity contribution in [1.82, 2.24) is 14.0 Å². The Morgan fingerprint density at radius 2 is 1.74 bits per heavy atom. The van der Waals surface area contributed by atoms with Crippen LogP contribution in [0.2, 0.25) is 0 Å². The van der Waals surface area contributed by atoms with Gasteiger partial charge < -0.3 is 4.90 Å². The van der Waals surface area contributed by atoms with Gasteiger partial charge in [0.25, 0.3) is 5.91 Å². The fourth-order valence-electron chi connectivity index (χ4n) is 4.60. The Balaban J connectivity index is 1.48. The summed E-state index contributed by atoms with van der Waals surface area (Å²) in [6, 6.07) is 16.1. The van der Waals surface area contributed by atoms with Gasteiger partial charge in [-0.15, -0.1) is 6.58 Å². The summed E-state index contributed by atoms with van der Waals surface area (Å²) < 4.78 is 3.70. The van der Waals surface area contributed by atoms with Crippen molar-refractivity contribution in [3.05, 3.63) is 82.8 Å². The number of imidazole rings is 1. The van der Waals surface area contributed by atoms with E-state index in [-0.39, 0.29) is 17.6 Å². The number of benzene rings is 2. The zero-order valence-electron chi connectivity index (χ0n) is 18.3. The molecule has 5 nitrogen and oxygen atoms in total. The molecule has 1 saturated heterocycles. The number of aromatic nitrogens is 2. The molecular weight excluding hydrogens is 386 g/mol. The summed E-state index contributed by atoms with van der Waals surface area (Å²) in [5.41, 5.74) is 3.94. The second kappa shape index (κ2) is 9.38. The van der Waals surface area contributed by atoms with Gasteiger partial charge >= 0.3 is 5.69 Å². The van der Waals surface area contributed by atoms with Crippen LogP contribution in [0.5, 0.6) is 0 Å². The van der Waals surface area contributed by atoms with E-state index in [9.17, 15) is 9.59 Å². The predicted molar refractivity (Wildman–Crippen MR) is 126 cm³/mol. The van der Waals surface area contributed by atoms with Crippen LogP contribution in [0.3, 0.4) is 0 Å². The largest absolute Gasteiger partial charge is 0.338 e. The highest BCUT2D eigenvalue weighted by atomic mass is 16.2. The Labute approximate surface area is 183 Å². The van der Waals surface area contributed by atoms with E-state index >= 15 is 0 Å². The molecular formula is C26H31N3O2. The van der Waals surface area contributed by atoms with Crippen LogP contribution in [0.1, 0.15) is 54.6 Å². The van der Waals surface area contributed by atoms with Crippen LogP contribution in [-0.4, -0.2) is 33.0 Å². The normalized spacial score (nSPS) is 14.8. The molecule has 1 aliphatic heterocycles. The molecule has 2 heterocycles. The highest BCUT2D eigenvalue weighted by Crippen LogP contribution is 2.26. The standard InChI is InChI=1S/C26H31N3O2/c1-3-5-8-20-11-13-21(14-12-20)25(30)27-18-15-22(16-19-27)29-24-10-7-6-9-23(24)28(17-4-2)26(29)31/h4,6-7,9-14,22H,2-3,5,8,15-19H2,1H3. The highest BCUT2D eigenvalue weighted by Gasteiger charge is 2.27. The first-order valence-corrected chi connectivity index (χ1v) is 11.3. The predicted octanol–water partition coefficient (Wildman–Crippen LogP) is 4.81. The Bertz CT molecular complexity index is 1120. The van der Waals surface area contributed by atoms with E-state index in [1.165, 1.54) is 18.4 Å². The molecule has 2 aromatic carbocycles. The lowest BCUT2D eigenvalue weighted by Gasteiger charge is -2.32. The van der Waals surface area contributed by atoms with E-state index in [0.29, 0.717) is 19.6 Å². The third-order valence-electron chi connectivity index (χ3n) is 6.32. The summed E-state index contributed by atoms with van der Waals surface area (Å²) in [5, 5.41) is 0. The molecule has 5 heteroatoms. The van der Waals surface area contributed by atoms with Crippen molar-refractivity contribution in [1.29, 1.82) is 0 Å². The number of rotatable bonds is 7. The summed E-state index contributed by atoms with van der Waals surface area (Å²) in [6.07, 6.45) is 6.72. The second-order valence-electron chi connectivity index (χ2n) is 8.36. The van der Waals surface area contributed by atoms with E-state index in [4.69, 9.17) is 0 Å². The Morgan fingerprint density at radius 3 is 2.39 bits per heavy atom. The van der Waals surface area contributed by atoms with Gasteiger partial charge in [-0.25, -0.2) is 4.79 Å². The van der Waals surface area contributed by atoms with Gasteiger partial charge in [-0.3, -0.25) is 13.9 Å². The number of piperidine rings is 1. The number of carbonyl (C=O) groups excluding carboxylic acids is 1. The first-order chi connectivity index (χ1) is 15.1. The molecule has 0 N–H and O–H groups in total. The number of likely N-dealkylation sites (tertiary alicyclic amines) is 1. The van der Waals surface area contributed by atoms with Crippen LogP contribution in [0, 0.1) is 0 Å². The number of allylic oxidation sites excluding steroid dienone is 1. The monoisotopic (exact) mass is 417 g/mol. The number of unbranched alkanes of at least 4 members (excludes halogenated alkanes) is 1. The van der Waals surface area contributed by atoms with Crippen molar-refractivity contribution in [3.63, 3.8) is 0 Å². The Hall–Kier alpha value is -3.08. The van der Waals surface area contributed by atoms with Crippen molar-refractivity contribution in [2.45, 2.75) is 51.6 Å². The third kappa shape index (κ3) is 4.22. The molecule has 1 fully saturated rings. The molecule has 0 bridgehead atoms. The minimum Gasteiger partial charge on any atom is -0.338 e. The molecule has 0 unspecified atom stereocenters. The average Bonchev–Trinajstić information content (AvgIpc) is 3.09. The quantitative estimate of drug-likeness (QED) is 0.518. The van der Waals surface area contributed by atoms with Gasteiger partial charge in [-0.05, 0) is 55.5 Å². The molecule has 31 heavy (non-hydrogen) atoms. The van der Waals surface area contributed by atoms with Crippen LogP contribution in [0.25, 0.3) is 11.0 Å². The van der Waals surface area contributed by atoms with Crippen LogP contribution in [0.15, 0.2) is 66.0 Å². The lowest BCUT2D eigenvalue weighted by atomic mass is 10.0. The maximum atomic E-state index is 13.1. The highest BCUT2D eigenvalue weighted by molar-refractivity contribution is 5.94. The van der Waals surface area contributed by atoms with Gasteiger partial charge in [0.2, 0.25) is 0 Å². The number of fused-ring (bicyclic) bond motifs is 1. The number of amides is 1. The minimum atomic E-state index is 0.00791. The van der Waals surface area contributed by atoms with Gasteiger partial charge in [-0.2, -0.15) is 0 Å². The summed E-state index contributed by atoms with van der Waals surface area (Å²) >= 11 is 0. The topological polar surface area (TPSA) is 47.2 Å². The summed E-state index contributed by atoms with van der Waals surface area (Å²) in [6.45, 7) is 7.80. The lowest BCUT2D eigenvalue weighted by molar-refractivity contribution is 0.0694. The molecule has 0 aliphatic carbocycles. The maximum absolute atomic E-state index is 13.1. The van der Waals surface area contributed by atoms with E-state index in [2.05, 4.69) is 25.6 Å². The second-order valence-corrected chi connectivity index (χ2v) is 8.36. The molecule has 0 saturated carbocycles. The summed E-state index contributed by atoms with van der Waals surface area (Å²) in [7, 11) is 0. The number of hydrogen-bond acceptors (Lipinski definition) is 2. The SMILES string of the molecule is C=CCn1c(=O)n(C2CCN(C(=O)c3ccc(CCCC)cc3)CC2)c2ccccc21. The molecule has 162 valence electrons. The Kier molecular flexibility index (Phi) is 6.40. The summed E-state index contributed by atoms with van der Waals surface area (Å²) in [4.78, 5) is 28.0. The average molecular weight is 418 g/mol. The molecule has 0 radical (unpaired) electrons. The fourth-order valence-corrected chi connectivity index (χ4v) is 4.60. The number of nitrogens with zero attached hydrogens (tertiary/aromatic N) is 3. The van der Waals surface area contributed by atoms with Crippen LogP contribution in [0.4, 0.5) is 0 Å². The molecule has 0 spiro atoms. The summed E-state index contributed by atoms with van der Waals surface area (Å²) in [5.74, 6) is 0.0851. The number of para-hydroxylation sites is 2. The third-order valence-corrected chi connectivity index (χ3v) is 6.32. The van der Waals surface area contributed by atoms with Crippen molar-refractivity contribution in [2.24, 2.45) is 0 Å². The van der Waals surface area contributed by atoms with E-state index in [1.54, 1.807) is 10.6 Å². The number of hydrogen-bond donors (Lipinski definition) is 0. The van der Waals surface area contributed by atoms with Gasteiger partial charge in [0.1, 0.15) is 0 Å². The smallest absolute Gasteiger partial charge is 0.329 e. The first kappa shape index (κ1) is 21.2. The van der Waals surface area contributed by atoms with Crippen molar-refractivity contribution >= 4 is 16.9 Å². The molecule has 1 aromatic heterocycles. The van der Waals surface area contributed by atoms with Crippen molar-refractivity contribution in [2.75, 3.05) is 13.1 Å². The van der Waals surface area contributed by atoms with Gasteiger partial charge in [-0.1, -0.05) is 43.7 Å². The number of aryl methyl sites for hydroxylation is 1. The lowest BCUT2D eigenvalue weighted by Crippen LogP contribution is -2.41. The van der Waals surface area contributed by atoms with E-state index in [0.717, 1.165) is 35.9 Å². The van der Waals surface area contributed by atoms with Crippen LogP contribution >= 0.6 is 0 Å². The molecule has 3 aromatic rings. The first-order valence-electron chi connectivity index (χ1n) is 11.3. The van der Waals surface area contributed by atoms with Crippen LogP contribution < -0.4 is 5.69 Å². The molecule has 0 atom stereocenters. The maximum Gasteiger partial charge on any atom is 0.329 e. The van der Waals surface area contributed by atoms with Crippen molar-refractivity contribution in [3.8, 4) is 0 Å². The van der Waals surface area contributed by atoms with E-state index in [1.807, 2.05) is 45.9 Å². The fraction of sp³-hybridized carbons (Fsp3) is 0.385. The molecule has 1 aliphatic rings.